The molecule has 1 amide bonds. The quantitative estimate of drug-likeness (QED) is 0.768. The zero-order valence-electron chi connectivity index (χ0n) is 8.99. The second kappa shape index (κ2) is 5.78. The van der Waals surface area contributed by atoms with Crippen molar-refractivity contribution in [3.63, 3.8) is 0 Å². The molecule has 0 aromatic heterocycles. The van der Waals surface area contributed by atoms with Gasteiger partial charge in [-0.1, -0.05) is 6.92 Å². The number of thioether (sulfide) groups is 1. The number of carbonyl (C=O) groups excluding carboxylic acids is 1. The Hall–Kier alpha value is -1.00. The molecule has 15 heavy (non-hydrogen) atoms. The number of rotatable bonds is 4. The number of hydrogen-bond donors (Lipinski definition) is 2. The lowest BCUT2D eigenvalue weighted by molar-refractivity contribution is -0.119. The number of amides is 1. The first-order valence-electron chi connectivity index (χ1n) is 4.82. The number of carbonyl (C=O) groups is 1. The van der Waals surface area contributed by atoms with Gasteiger partial charge in [0.2, 0.25) is 5.91 Å². The van der Waals surface area contributed by atoms with Gasteiger partial charge in [0, 0.05) is 23.0 Å². The SMILES string of the molecule is CSc1ccc(NC(=O)C(C)CN)cc1. The molecule has 0 radical (unpaired) electrons. The lowest BCUT2D eigenvalue weighted by Crippen LogP contribution is -2.26. The molecule has 0 aliphatic heterocycles. The highest BCUT2D eigenvalue weighted by atomic mass is 32.2. The topological polar surface area (TPSA) is 55.1 Å². The zero-order valence-corrected chi connectivity index (χ0v) is 9.80. The van der Waals surface area contributed by atoms with E-state index in [2.05, 4.69) is 5.32 Å². The third kappa shape index (κ3) is 3.57. The molecule has 1 rings (SSSR count). The van der Waals surface area contributed by atoms with Crippen LogP contribution in [0.5, 0.6) is 0 Å². The van der Waals surface area contributed by atoms with Crippen molar-refractivity contribution in [1.29, 1.82) is 0 Å². The molecule has 1 aromatic rings. The van der Waals surface area contributed by atoms with E-state index in [4.69, 9.17) is 5.73 Å². The Bertz CT molecular complexity index is 324. The van der Waals surface area contributed by atoms with E-state index in [9.17, 15) is 4.79 Å². The van der Waals surface area contributed by atoms with Gasteiger partial charge in [-0.15, -0.1) is 11.8 Å². The van der Waals surface area contributed by atoms with Crippen molar-refractivity contribution in [2.75, 3.05) is 18.1 Å². The van der Waals surface area contributed by atoms with Crippen LogP contribution in [0.2, 0.25) is 0 Å². The molecular weight excluding hydrogens is 208 g/mol. The second-order valence-corrected chi connectivity index (χ2v) is 4.23. The molecule has 82 valence electrons. The summed E-state index contributed by atoms with van der Waals surface area (Å²) in [5.74, 6) is -0.181. The van der Waals surface area contributed by atoms with E-state index in [1.165, 1.54) is 4.90 Å². The maximum absolute atomic E-state index is 11.5. The van der Waals surface area contributed by atoms with E-state index in [1.807, 2.05) is 37.4 Å². The molecule has 0 aliphatic rings. The van der Waals surface area contributed by atoms with Crippen LogP contribution >= 0.6 is 11.8 Å². The molecule has 3 N–H and O–H groups in total. The highest BCUT2D eigenvalue weighted by Crippen LogP contribution is 2.17. The minimum absolute atomic E-state index is 0.0330. The Kier molecular flexibility index (Phi) is 4.65. The summed E-state index contributed by atoms with van der Waals surface area (Å²) in [6.45, 7) is 2.18. The molecule has 1 aromatic carbocycles. The van der Waals surface area contributed by atoms with Gasteiger partial charge >= 0.3 is 0 Å². The summed E-state index contributed by atoms with van der Waals surface area (Å²) in [4.78, 5) is 12.7. The lowest BCUT2D eigenvalue weighted by Gasteiger charge is -2.09. The van der Waals surface area contributed by atoms with Gasteiger partial charge in [-0.2, -0.15) is 0 Å². The van der Waals surface area contributed by atoms with Gasteiger partial charge < -0.3 is 11.1 Å². The second-order valence-electron chi connectivity index (χ2n) is 3.35. The molecule has 4 heteroatoms. The Morgan fingerprint density at radius 3 is 2.53 bits per heavy atom. The third-order valence-corrected chi connectivity index (χ3v) is 2.90. The van der Waals surface area contributed by atoms with Crippen molar-refractivity contribution in [3.8, 4) is 0 Å². The monoisotopic (exact) mass is 224 g/mol. The van der Waals surface area contributed by atoms with Gasteiger partial charge in [0.05, 0.1) is 0 Å². The van der Waals surface area contributed by atoms with Crippen molar-refractivity contribution >= 4 is 23.4 Å². The molecule has 0 aliphatic carbocycles. The van der Waals surface area contributed by atoms with E-state index < -0.39 is 0 Å². The van der Waals surface area contributed by atoms with E-state index in [0.717, 1.165) is 5.69 Å². The zero-order chi connectivity index (χ0) is 11.3. The van der Waals surface area contributed by atoms with E-state index in [0.29, 0.717) is 6.54 Å². The van der Waals surface area contributed by atoms with Crippen molar-refractivity contribution in [3.05, 3.63) is 24.3 Å². The van der Waals surface area contributed by atoms with Crippen LogP contribution in [0.1, 0.15) is 6.92 Å². The summed E-state index contributed by atoms with van der Waals surface area (Å²) in [7, 11) is 0. The smallest absolute Gasteiger partial charge is 0.228 e. The minimum Gasteiger partial charge on any atom is -0.330 e. The van der Waals surface area contributed by atoms with Crippen LogP contribution in [-0.4, -0.2) is 18.7 Å². The Morgan fingerprint density at radius 2 is 2.07 bits per heavy atom. The standard InChI is InChI=1S/C11H16N2OS/c1-8(7-12)11(14)13-9-3-5-10(15-2)6-4-9/h3-6,8H,7,12H2,1-2H3,(H,13,14). The van der Waals surface area contributed by atoms with Crippen molar-refractivity contribution in [2.45, 2.75) is 11.8 Å². The predicted molar refractivity (Wildman–Crippen MR) is 65.1 cm³/mol. The van der Waals surface area contributed by atoms with Gasteiger partial charge in [0.25, 0.3) is 0 Å². The van der Waals surface area contributed by atoms with Gasteiger partial charge in [-0.05, 0) is 30.5 Å². The van der Waals surface area contributed by atoms with Gasteiger partial charge in [0.1, 0.15) is 0 Å². The fraction of sp³-hybridized carbons (Fsp3) is 0.364. The number of nitrogens with one attached hydrogen (secondary N) is 1. The molecule has 1 atom stereocenters. The summed E-state index contributed by atoms with van der Waals surface area (Å²) in [6.07, 6.45) is 2.02. The number of hydrogen-bond acceptors (Lipinski definition) is 3. The van der Waals surface area contributed by atoms with E-state index in [1.54, 1.807) is 11.8 Å². The van der Waals surface area contributed by atoms with Crippen LogP contribution in [-0.2, 0) is 4.79 Å². The van der Waals surface area contributed by atoms with Crippen LogP contribution in [0, 0.1) is 5.92 Å². The molecule has 0 saturated carbocycles. The first-order chi connectivity index (χ1) is 7.17. The molecular formula is C11H16N2OS. The summed E-state index contributed by atoms with van der Waals surface area (Å²) < 4.78 is 0. The van der Waals surface area contributed by atoms with Gasteiger partial charge in [-0.25, -0.2) is 0 Å². The fourth-order valence-electron chi connectivity index (χ4n) is 1.05. The molecule has 3 nitrogen and oxygen atoms in total. The minimum atomic E-state index is -0.148. The maximum Gasteiger partial charge on any atom is 0.228 e. The van der Waals surface area contributed by atoms with Crippen LogP contribution < -0.4 is 11.1 Å². The van der Waals surface area contributed by atoms with Crippen molar-refractivity contribution < 1.29 is 4.79 Å². The first kappa shape index (κ1) is 12.1. The molecule has 0 fully saturated rings. The molecule has 0 bridgehead atoms. The van der Waals surface area contributed by atoms with E-state index >= 15 is 0 Å². The molecule has 0 heterocycles. The van der Waals surface area contributed by atoms with Crippen molar-refractivity contribution in [2.24, 2.45) is 11.7 Å². The molecule has 1 unspecified atom stereocenters. The lowest BCUT2D eigenvalue weighted by atomic mass is 10.1. The number of benzene rings is 1. The highest BCUT2D eigenvalue weighted by Gasteiger charge is 2.10. The fourth-order valence-corrected chi connectivity index (χ4v) is 1.46. The Balaban J connectivity index is 2.61. The van der Waals surface area contributed by atoms with Crippen LogP contribution in [0.3, 0.4) is 0 Å². The van der Waals surface area contributed by atoms with Crippen LogP contribution in [0.15, 0.2) is 29.2 Å². The maximum atomic E-state index is 11.5. The largest absolute Gasteiger partial charge is 0.330 e. The normalized spacial score (nSPS) is 12.2. The van der Waals surface area contributed by atoms with Crippen LogP contribution in [0.4, 0.5) is 5.69 Å². The summed E-state index contributed by atoms with van der Waals surface area (Å²) in [5, 5.41) is 2.82. The average Bonchev–Trinajstić information content (AvgIpc) is 2.29. The van der Waals surface area contributed by atoms with Crippen molar-refractivity contribution in [1.82, 2.24) is 0 Å². The van der Waals surface area contributed by atoms with Gasteiger partial charge in [0.15, 0.2) is 0 Å². The molecule has 0 spiro atoms. The van der Waals surface area contributed by atoms with Gasteiger partial charge in [-0.3, -0.25) is 4.79 Å². The third-order valence-electron chi connectivity index (χ3n) is 2.16. The Morgan fingerprint density at radius 1 is 1.47 bits per heavy atom. The molecule has 0 saturated heterocycles. The summed E-state index contributed by atoms with van der Waals surface area (Å²) in [6, 6.07) is 7.75. The highest BCUT2D eigenvalue weighted by molar-refractivity contribution is 7.98. The predicted octanol–water partition coefficient (Wildman–Crippen LogP) is 1.94. The number of nitrogens with two attached hydrogens (primary N) is 1. The first-order valence-corrected chi connectivity index (χ1v) is 6.05. The Labute approximate surface area is 94.4 Å². The number of anilines is 1. The summed E-state index contributed by atoms with van der Waals surface area (Å²) in [5.41, 5.74) is 6.23. The van der Waals surface area contributed by atoms with Crippen LogP contribution in [0.25, 0.3) is 0 Å². The summed E-state index contributed by atoms with van der Waals surface area (Å²) >= 11 is 1.67. The van der Waals surface area contributed by atoms with E-state index in [-0.39, 0.29) is 11.8 Å². The average molecular weight is 224 g/mol.